The zero-order valence-corrected chi connectivity index (χ0v) is 13.2. The fraction of sp³-hybridized carbons (Fsp3) is 0.600. The Balaban J connectivity index is 1.47. The second-order valence-corrected chi connectivity index (χ2v) is 5.55. The Morgan fingerprint density at radius 1 is 1.48 bits per heavy atom. The Hall–Kier alpha value is -2.22. The van der Waals surface area contributed by atoms with Gasteiger partial charge in [0.1, 0.15) is 0 Å². The lowest BCUT2D eigenvalue weighted by atomic mass is 10.2. The highest BCUT2D eigenvalue weighted by atomic mass is 16.5. The van der Waals surface area contributed by atoms with Crippen molar-refractivity contribution in [2.45, 2.75) is 38.2 Å². The first-order valence-corrected chi connectivity index (χ1v) is 7.90. The maximum Gasteiger partial charge on any atom is 0.231 e. The van der Waals surface area contributed by atoms with Gasteiger partial charge in [-0.1, -0.05) is 0 Å². The molecule has 0 unspecified atom stereocenters. The quantitative estimate of drug-likeness (QED) is 0.810. The van der Waals surface area contributed by atoms with E-state index in [1.54, 1.807) is 23.8 Å². The van der Waals surface area contributed by atoms with Crippen molar-refractivity contribution in [2.24, 2.45) is 0 Å². The van der Waals surface area contributed by atoms with E-state index in [0.29, 0.717) is 37.3 Å². The standard InChI is InChI=1S/C15H21N5O3/c1-22-15-8-7-13-18-17-12(20(13)19-15)5-2-6-14(21)16-10-11-4-3-9-23-11/h7-8,11H,2-6,9-10H2,1H3,(H,16,21)/t11-/m1/s1. The molecule has 0 saturated carbocycles. The first-order valence-electron chi connectivity index (χ1n) is 7.90. The van der Waals surface area contributed by atoms with E-state index in [2.05, 4.69) is 20.6 Å². The highest BCUT2D eigenvalue weighted by molar-refractivity contribution is 5.75. The molecule has 8 heteroatoms. The van der Waals surface area contributed by atoms with Crippen LogP contribution in [0.15, 0.2) is 12.1 Å². The molecule has 23 heavy (non-hydrogen) atoms. The third-order valence-electron chi connectivity index (χ3n) is 3.87. The molecular formula is C15H21N5O3. The molecule has 8 nitrogen and oxygen atoms in total. The predicted molar refractivity (Wildman–Crippen MR) is 82.3 cm³/mol. The Kier molecular flexibility index (Phi) is 5.02. The maximum atomic E-state index is 11.8. The molecule has 1 aliphatic rings. The fourth-order valence-corrected chi connectivity index (χ4v) is 2.61. The molecule has 124 valence electrons. The van der Waals surface area contributed by atoms with Crippen molar-refractivity contribution in [3.05, 3.63) is 18.0 Å². The smallest absolute Gasteiger partial charge is 0.231 e. The van der Waals surface area contributed by atoms with Gasteiger partial charge in [0.15, 0.2) is 11.5 Å². The van der Waals surface area contributed by atoms with Crippen LogP contribution in [0.1, 0.15) is 31.5 Å². The summed E-state index contributed by atoms with van der Waals surface area (Å²) in [5.41, 5.74) is 0.670. The average Bonchev–Trinajstić information content (AvgIpc) is 3.22. The Bertz CT molecular complexity index is 666. The first kappa shape index (κ1) is 15.7. The van der Waals surface area contributed by atoms with Crippen LogP contribution in [0.5, 0.6) is 5.88 Å². The van der Waals surface area contributed by atoms with Crippen molar-refractivity contribution in [1.29, 1.82) is 0 Å². The summed E-state index contributed by atoms with van der Waals surface area (Å²) in [6, 6.07) is 3.54. The maximum absolute atomic E-state index is 11.8. The van der Waals surface area contributed by atoms with Crippen molar-refractivity contribution >= 4 is 11.6 Å². The van der Waals surface area contributed by atoms with Gasteiger partial charge in [-0.2, -0.15) is 4.52 Å². The molecule has 3 heterocycles. The van der Waals surface area contributed by atoms with Crippen LogP contribution in [0.4, 0.5) is 0 Å². The lowest BCUT2D eigenvalue weighted by Gasteiger charge is -2.10. The molecule has 1 N–H and O–H groups in total. The van der Waals surface area contributed by atoms with Gasteiger partial charge >= 0.3 is 0 Å². The van der Waals surface area contributed by atoms with E-state index >= 15 is 0 Å². The molecule has 0 bridgehead atoms. The van der Waals surface area contributed by atoms with E-state index in [9.17, 15) is 4.79 Å². The van der Waals surface area contributed by atoms with Crippen molar-refractivity contribution in [3.8, 4) is 5.88 Å². The number of methoxy groups -OCH3 is 1. The number of hydrogen-bond acceptors (Lipinski definition) is 6. The summed E-state index contributed by atoms with van der Waals surface area (Å²) in [6.45, 7) is 1.41. The van der Waals surface area contributed by atoms with Gasteiger partial charge in [0.25, 0.3) is 0 Å². The number of aryl methyl sites for hydroxylation is 1. The summed E-state index contributed by atoms with van der Waals surface area (Å²) in [4.78, 5) is 11.8. The molecule has 0 aliphatic carbocycles. The summed E-state index contributed by atoms with van der Waals surface area (Å²) in [7, 11) is 1.57. The van der Waals surface area contributed by atoms with Gasteiger partial charge in [0.2, 0.25) is 11.8 Å². The third-order valence-corrected chi connectivity index (χ3v) is 3.87. The van der Waals surface area contributed by atoms with Crippen molar-refractivity contribution in [2.75, 3.05) is 20.3 Å². The van der Waals surface area contributed by atoms with Gasteiger partial charge in [-0.3, -0.25) is 4.79 Å². The number of nitrogens with one attached hydrogen (secondary N) is 1. The van der Waals surface area contributed by atoms with Crippen LogP contribution in [-0.4, -0.2) is 52.1 Å². The molecule has 1 fully saturated rings. The minimum atomic E-state index is 0.0415. The van der Waals surface area contributed by atoms with Crippen LogP contribution in [0.25, 0.3) is 5.65 Å². The number of hydrogen-bond donors (Lipinski definition) is 1. The topological polar surface area (TPSA) is 90.6 Å². The van der Waals surface area contributed by atoms with Gasteiger partial charge in [0, 0.05) is 32.1 Å². The largest absolute Gasteiger partial charge is 0.480 e. The lowest BCUT2D eigenvalue weighted by molar-refractivity contribution is -0.121. The Morgan fingerprint density at radius 3 is 3.17 bits per heavy atom. The van der Waals surface area contributed by atoms with Crippen molar-refractivity contribution in [3.63, 3.8) is 0 Å². The molecule has 3 rings (SSSR count). The van der Waals surface area contributed by atoms with Gasteiger partial charge in [-0.05, 0) is 25.3 Å². The number of carbonyl (C=O) groups is 1. The third kappa shape index (κ3) is 3.95. The zero-order valence-electron chi connectivity index (χ0n) is 13.2. The van der Waals surface area contributed by atoms with Crippen molar-refractivity contribution in [1.82, 2.24) is 25.1 Å². The minimum absolute atomic E-state index is 0.0415. The summed E-state index contributed by atoms with van der Waals surface area (Å²) in [5, 5.41) is 15.4. The van der Waals surface area contributed by atoms with E-state index in [-0.39, 0.29) is 12.0 Å². The minimum Gasteiger partial charge on any atom is -0.480 e. The number of fused-ring (bicyclic) bond motifs is 1. The molecule has 2 aromatic rings. The SMILES string of the molecule is COc1ccc2nnc(CCCC(=O)NC[C@H]3CCCO3)n2n1. The van der Waals surface area contributed by atoms with E-state index in [0.717, 1.165) is 25.3 Å². The van der Waals surface area contributed by atoms with Gasteiger partial charge in [0.05, 0.1) is 13.2 Å². The van der Waals surface area contributed by atoms with Crippen LogP contribution in [0.2, 0.25) is 0 Å². The second kappa shape index (κ2) is 7.36. The molecule has 1 amide bonds. The number of amides is 1. The molecule has 0 radical (unpaired) electrons. The fourth-order valence-electron chi connectivity index (χ4n) is 2.61. The summed E-state index contributed by atoms with van der Waals surface area (Å²) in [6.07, 6.45) is 4.06. The van der Waals surface area contributed by atoms with Crippen LogP contribution >= 0.6 is 0 Å². The summed E-state index contributed by atoms with van der Waals surface area (Å²) >= 11 is 0. The van der Waals surface area contributed by atoms with E-state index < -0.39 is 0 Å². The lowest BCUT2D eigenvalue weighted by Crippen LogP contribution is -2.31. The summed E-state index contributed by atoms with van der Waals surface area (Å²) in [5.74, 6) is 1.28. The second-order valence-electron chi connectivity index (χ2n) is 5.55. The number of nitrogens with zero attached hydrogens (tertiary/aromatic N) is 4. The summed E-state index contributed by atoms with van der Waals surface area (Å²) < 4.78 is 12.2. The Labute approximate surface area is 134 Å². The average molecular weight is 319 g/mol. The highest BCUT2D eigenvalue weighted by Crippen LogP contribution is 2.11. The molecule has 0 spiro atoms. The number of rotatable bonds is 7. The number of carbonyl (C=O) groups excluding carboxylic acids is 1. The predicted octanol–water partition coefficient (Wildman–Crippen LogP) is 0.751. The first-order chi connectivity index (χ1) is 11.3. The zero-order chi connectivity index (χ0) is 16.1. The molecule has 0 aromatic carbocycles. The monoisotopic (exact) mass is 319 g/mol. The van der Waals surface area contributed by atoms with Gasteiger partial charge in [-0.15, -0.1) is 15.3 Å². The van der Waals surface area contributed by atoms with Crippen LogP contribution in [0, 0.1) is 0 Å². The number of ether oxygens (including phenoxy) is 2. The van der Waals surface area contributed by atoms with Crippen LogP contribution < -0.4 is 10.1 Å². The highest BCUT2D eigenvalue weighted by Gasteiger charge is 2.16. The number of aromatic nitrogens is 4. The van der Waals surface area contributed by atoms with E-state index in [1.165, 1.54) is 0 Å². The molecule has 1 saturated heterocycles. The Morgan fingerprint density at radius 2 is 2.39 bits per heavy atom. The molecule has 1 aliphatic heterocycles. The molecular weight excluding hydrogens is 298 g/mol. The van der Waals surface area contributed by atoms with Crippen LogP contribution in [-0.2, 0) is 16.0 Å². The normalized spacial score (nSPS) is 17.5. The molecule has 1 atom stereocenters. The van der Waals surface area contributed by atoms with Gasteiger partial charge in [-0.25, -0.2) is 0 Å². The van der Waals surface area contributed by atoms with E-state index in [4.69, 9.17) is 9.47 Å². The van der Waals surface area contributed by atoms with E-state index in [1.807, 2.05) is 0 Å². The van der Waals surface area contributed by atoms with Crippen molar-refractivity contribution < 1.29 is 14.3 Å². The van der Waals surface area contributed by atoms with Gasteiger partial charge < -0.3 is 14.8 Å². The van der Waals surface area contributed by atoms with Crippen LogP contribution in [0.3, 0.4) is 0 Å². The molecule has 2 aromatic heterocycles.